The van der Waals surface area contributed by atoms with Crippen molar-refractivity contribution < 1.29 is 4.79 Å². The van der Waals surface area contributed by atoms with E-state index in [0.29, 0.717) is 0 Å². The maximum absolute atomic E-state index is 8.35. The molecule has 0 saturated heterocycles. The summed E-state index contributed by atoms with van der Waals surface area (Å²) in [6.45, 7) is 0. The molecule has 0 fully saturated rings. The van der Waals surface area contributed by atoms with E-state index in [4.69, 9.17) is 15.9 Å². The average Bonchev–Trinajstić information content (AvgIpc) is 1.33. The van der Waals surface area contributed by atoms with Crippen LogP contribution in [-0.4, -0.2) is 10.4 Å². The molecule has 0 radical (unpaired) electrons. The van der Waals surface area contributed by atoms with E-state index in [9.17, 15) is 0 Å². The second-order valence-corrected chi connectivity index (χ2v) is 1.66. The summed E-state index contributed by atoms with van der Waals surface area (Å²) in [5.41, 5.74) is 4.71. The van der Waals surface area contributed by atoms with Crippen LogP contribution in [-0.2, 0) is 4.79 Å². The van der Waals surface area contributed by atoms with E-state index in [1.54, 1.807) is 0 Å². The number of thiocarbonyl (C=S) groups is 1. The molecule has 3 nitrogen and oxygen atoms in total. The molecule has 40 valence electrons. The van der Waals surface area contributed by atoms with Crippen LogP contribution in [0.5, 0.6) is 0 Å². The van der Waals surface area contributed by atoms with Gasteiger partial charge in [0.2, 0.25) is 6.08 Å². The number of thiol groups is 1. The monoisotopic (exact) mass is 136 g/mol. The van der Waals surface area contributed by atoms with Crippen LogP contribution in [0.3, 0.4) is 0 Å². The maximum Gasteiger partial charge on any atom is 0.231 e. The first-order valence-electron chi connectivity index (χ1n) is 1.17. The number of hydrogen-bond donors (Lipinski definition) is 3. The van der Waals surface area contributed by atoms with E-state index in [2.05, 4.69) is 24.8 Å². The molecule has 0 aromatic heterocycles. The van der Waals surface area contributed by atoms with Crippen LogP contribution < -0.4 is 5.73 Å². The highest BCUT2D eigenvalue weighted by Crippen LogP contribution is 1.63. The highest BCUT2D eigenvalue weighted by atomic mass is 32.1. The Balaban J connectivity index is 0. The molecular formula is C2H4N2OS2. The zero-order chi connectivity index (χ0) is 6.28. The molecule has 0 aliphatic carbocycles. The Kier molecular flexibility index (Phi) is 12.8. The number of carbonyl (C=O) groups excluding carboxylic acids is 1. The number of hydrogen-bond acceptors (Lipinski definition) is 3. The number of rotatable bonds is 0. The zero-order valence-electron chi connectivity index (χ0n) is 3.34. The van der Waals surface area contributed by atoms with Crippen molar-refractivity contribution in [3.05, 3.63) is 0 Å². The van der Waals surface area contributed by atoms with Crippen LogP contribution in [0.1, 0.15) is 0 Å². The fraction of sp³-hybridized carbons (Fsp3) is 0. The Morgan fingerprint density at radius 3 is 2.00 bits per heavy atom. The van der Waals surface area contributed by atoms with Gasteiger partial charge in [-0.2, -0.15) is 0 Å². The zero-order valence-corrected chi connectivity index (χ0v) is 5.05. The van der Waals surface area contributed by atoms with E-state index in [0.717, 1.165) is 6.08 Å². The summed E-state index contributed by atoms with van der Waals surface area (Å²) in [7, 11) is 0. The first kappa shape index (κ1) is 9.80. The predicted molar refractivity (Wildman–Crippen MR) is 34.2 cm³/mol. The van der Waals surface area contributed by atoms with Crippen molar-refractivity contribution >= 4 is 35.2 Å². The lowest BCUT2D eigenvalue weighted by atomic mass is 11.5. The summed E-state index contributed by atoms with van der Waals surface area (Å²) < 4.78 is 0.194. The molecular weight excluding hydrogens is 132 g/mol. The summed E-state index contributed by atoms with van der Waals surface area (Å²) in [6, 6.07) is 0. The Labute approximate surface area is 51.8 Å². The fourth-order valence-electron chi connectivity index (χ4n) is 0. The predicted octanol–water partition coefficient (Wildman–Crippen LogP) is 0.0608. The number of nitrogens with two attached hydrogens (primary N) is 1. The average molecular weight is 136 g/mol. The second-order valence-electron chi connectivity index (χ2n) is 0.440. The van der Waals surface area contributed by atoms with E-state index < -0.39 is 0 Å². The first-order chi connectivity index (χ1) is 3.15. The van der Waals surface area contributed by atoms with Crippen LogP contribution in [0.15, 0.2) is 0 Å². The summed E-state index contributed by atoms with van der Waals surface area (Å²) >= 11 is 7.65. The van der Waals surface area contributed by atoms with Gasteiger partial charge in [0.15, 0.2) is 0 Å². The molecule has 5 heteroatoms. The minimum atomic E-state index is 0.194. The van der Waals surface area contributed by atoms with Crippen LogP contribution in [0.2, 0.25) is 0 Å². The van der Waals surface area contributed by atoms with Crippen molar-refractivity contribution in [3.8, 4) is 0 Å². The van der Waals surface area contributed by atoms with Crippen molar-refractivity contribution in [3.63, 3.8) is 0 Å². The topological polar surface area (TPSA) is 66.9 Å². The lowest BCUT2D eigenvalue weighted by Crippen LogP contribution is -1.94. The van der Waals surface area contributed by atoms with Crippen LogP contribution in [0.25, 0.3) is 0 Å². The van der Waals surface area contributed by atoms with Crippen molar-refractivity contribution in [2.45, 2.75) is 0 Å². The van der Waals surface area contributed by atoms with Crippen molar-refractivity contribution in [1.82, 2.24) is 0 Å². The number of nitrogens with one attached hydrogen (secondary N) is 1. The quantitative estimate of drug-likeness (QED) is 0.191. The molecule has 0 saturated carbocycles. The molecule has 0 atom stereocenters. The van der Waals surface area contributed by atoms with Gasteiger partial charge >= 0.3 is 0 Å². The summed E-state index contributed by atoms with van der Waals surface area (Å²) in [6.07, 6.45) is 0.750. The fourth-order valence-corrected chi connectivity index (χ4v) is 0. The van der Waals surface area contributed by atoms with Gasteiger partial charge in [-0.15, -0.1) is 12.6 Å². The minimum absolute atomic E-state index is 0.194. The normalized spacial score (nSPS) is 4.71. The highest BCUT2D eigenvalue weighted by Gasteiger charge is 1.55. The molecule has 0 aliphatic rings. The molecule has 0 aromatic carbocycles. The van der Waals surface area contributed by atoms with Gasteiger partial charge in [-0.25, -0.2) is 10.2 Å². The molecule has 0 aromatic rings. The van der Waals surface area contributed by atoms with E-state index in [-0.39, 0.29) is 4.32 Å². The van der Waals surface area contributed by atoms with Gasteiger partial charge in [-0.05, 0) is 0 Å². The van der Waals surface area contributed by atoms with Crippen LogP contribution >= 0.6 is 24.8 Å². The van der Waals surface area contributed by atoms with Gasteiger partial charge in [-0.1, -0.05) is 12.2 Å². The van der Waals surface area contributed by atoms with Gasteiger partial charge in [0.1, 0.15) is 4.32 Å². The molecule has 0 bridgehead atoms. The molecule has 0 heterocycles. The van der Waals surface area contributed by atoms with Crippen LogP contribution in [0, 0.1) is 5.41 Å². The smallest absolute Gasteiger partial charge is 0.231 e. The third kappa shape index (κ3) is 510. The van der Waals surface area contributed by atoms with Crippen molar-refractivity contribution in [2.24, 2.45) is 5.73 Å². The van der Waals surface area contributed by atoms with Gasteiger partial charge in [-0.3, -0.25) is 0 Å². The highest BCUT2D eigenvalue weighted by molar-refractivity contribution is 8.10. The SMILES string of the molecule is N=C=O.NC(=S)S. The van der Waals surface area contributed by atoms with E-state index in [1.165, 1.54) is 0 Å². The molecule has 0 rings (SSSR count). The van der Waals surface area contributed by atoms with E-state index >= 15 is 0 Å². The van der Waals surface area contributed by atoms with Gasteiger partial charge in [0.05, 0.1) is 0 Å². The van der Waals surface area contributed by atoms with Crippen molar-refractivity contribution in [1.29, 1.82) is 5.41 Å². The molecule has 3 N–H and O–H groups in total. The Morgan fingerprint density at radius 2 is 2.00 bits per heavy atom. The summed E-state index contributed by atoms with van der Waals surface area (Å²) in [4.78, 5) is 8.35. The third-order valence-electron chi connectivity index (χ3n) is 0. The van der Waals surface area contributed by atoms with Crippen LogP contribution in [0.4, 0.5) is 0 Å². The Morgan fingerprint density at radius 1 is 2.00 bits per heavy atom. The Bertz CT molecular complexity index is 81.7. The van der Waals surface area contributed by atoms with E-state index in [1.807, 2.05) is 0 Å². The van der Waals surface area contributed by atoms with Crippen molar-refractivity contribution in [2.75, 3.05) is 0 Å². The molecule has 0 amide bonds. The Hall–Kier alpha value is -0.380. The lowest BCUT2D eigenvalue weighted by Gasteiger charge is -1.64. The first-order valence-corrected chi connectivity index (χ1v) is 2.03. The number of isocyanates is 1. The van der Waals surface area contributed by atoms with Gasteiger partial charge < -0.3 is 5.73 Å². The lowest BCUT2D eigenvalue weighted by molar-refractivity contribution is 0.563. The van der Waals surface area contributed by atoms with Gasteiger partial charge in [0, 0.05) is 0 Å². The minimum Gasteiger partial charge on any atom is -0.385 e. The maximum atomic E-state index is 8.35. The largest absolute Gasteiger partial charge is 0.385 e. The molecule has 0 unspecified atom stereocenters. The summed E-state index contributed by atoms with van der Waals surface area (Å²) in [5, 5.41) is 5.40. The van der Waals surface area contributed by atoms with Gasteiger partial charge in [0.25, 0.3) is 0 Å². The summed E-state index contributed by atoms with van der Waals surface area (Å²) in [5.74, 6) is 0. The standard InChI is InChI=1S/CHNO.CH3NS2/c2-1-3;2-1(3)4/h2H;(H3,2,3,4). The second kappa shape index (κ2) is 9.15. The molecule has 7 heavy (non-hydrogen) atoms. The molecule has 0 spiro atoms. The third-order valence-corrected chi connectivity index (χ3v) is 0. The molecule has 0 aliphatic heterocycles.